The number of aromatic nitrogens is 2. The molecule has 0 bridgehead atoms. The average Bonchev–Trinajstić information content (AvgIpc) is 3.06. The van der Waals surface area contributed by atoms with Crippen molar-refractivity contribution in [2.75, 3.05) is 0 Å². The van der Waals surface area contributed by atoms with Crippen LogP contribution in [0.2, 0.25) is 0 Å². The molecule has 0 saturated carbocycles. The summed E-state index contributed by atoms with van der Waals surface area (Å²) in [5, 5.41) is 4.43. The van der Waals surface area contributed by atoms with Gasteiger partial charge in [-0.3, -0.25) is 20.4 Å². The number of amides is 2. The molecule has 3 aromatic rings. The minimum atomic E-state index is -0.914. The fraction of sp³-hybridized carbons (Fsp3) is 0.174. The Bertz CT molecular complexity index is 1140. The summed E-state index contributed by atoms with van der Waals surface area (Å²) in [5.74, 6) is -1.56. The van der Waals surface area contributed by atoms with E-state index in [9.17, 15) is 18.4 Å². The summed E-state index contributed by atoms with van der Waals surface area (Å²) in [4.78, 5) is 24.2. The van der Waals surface area contributed by atoms with Gasteiger partial charge in [-0.2, -0.15) is 5.10 Å². The van der Waals surface area contributed by atoms with Crippen molar-refractivity contribution >= 4 is 17.9 Å². The van der Waals surface area contributed by atoms with Gasteiger partial charge in [0.05, 0.1) is 11.4 Å². The number of hydrazine groups is 1. The van der Waals surface area contributed by atoms with E-state index >= 15 is 0 Å². The van der Waals surface area contributed by atoms with Crippen molar-refractivity contribution in [3.05, 3.63) is 83.2 Å². The molecule has 3 rings (SSSR count). The monoisotopic (exact) mass is 440 g/mol. The molecule has 0 fully saturated rings. The Kier molecular flexibility index (Phi) is 6.99. The lowest BCUT2D eigenvalue weighted by Crippen LogP contribution is -2.46. The molecule has 166 valence electrons. The summed E-state index contributed by atoms with van der Waals surface area (Å²) in [6.07, 6.45) is 1.93. The van der Waals surface area contributed by atoms with Gasteiger partial charge in [0.2, 0.25) is 0 Å². The Balaban J connectivity index is 1.57. The topological polar surface area (TPSA) is 85.3 Å². The highest BCUT2D eigenvalue weighted by Gasteiger charge is 2.15. The molecule has 9 heteroatoms. The van der Waals surface area contributed by atoms with Crippen LogP contribution >= 0.6 is 0 Å². The van der Waals surface area contributed by atoms with E-state index in [4.69, 9.17) is 4.74 Å². The fourth-order valence-corrected chi connectivity index (χ4v) is 2.93. The number of carbonyl (C=O) groups excluding carboxylic acids is 2. The maximum atomic E-state index is 13.2. The number of carbonyl (C=O) groups is 2. The fourth-order valence-electron chi connectivity index (χ4n) is 2.93. The van der Waals surface area contributed by atoms with E-state index in [0.29, 0.717) is 17.1 Å². The molecular weight excluding hydrogens is 418 g/mol. The summed E-state index contributed by atoms with van der Waals surface area (Å²) < 4.78 is 33.1. The first-order valence-corrected chi connectivity index (χ1v) is 9.77. The summed E-state index contributed by atoms with van der Waals surface area (Å²) in [7, 11) is 0. The van der Waals surface area contributed by atoms with Crippen LogP contribution in [0.25, 0.3) is 11.8 Å². The number of aryl methyl sites for hydroxylation is 1. The highest BCUT2D eigenvalue weighted by atomic mass is 19.1. The quantitative estimate of drug-likeness (QED) is 0.455. The second-order valence-corrected chi connectivity index (χ2v) is 7.00. The van der Waals surface area contributed by atoms with Gasteiger partial charge in [-0.05, 0) is 75.4 Å². The molecule has 0 aliphatic heterocycles. The second-order valence-electron chi connectivity index (χ2n) is 7.00. The van der Waals surface area contributed by atoms with Crippen molar-refractivity contribution in [2.24, 2.45) is 0 Å². The SMILES string of the molecule is Cc1nn(-c2ccc(F)cc2)c(C)c1/C=C/C(=O)NNC(=O)C(C)Oc1ccc(F)cc1. The Labute approximate surface area is 183 Å². The summed E-state index contributed by atoms with van der Waals surface area (Å²) in [6.45, 7) is 5.12. The number of rotatable bonds is 6. The first-order valence-electron chi connectivity index (χ1n) is 9.77. The first-order chi connectivity index (χ1) is 15.2. The molecule has 1 atom stereocenters. The number of nitrogens with one attached hydrogen (secondary N) is 2. The van der Waals surface area contributed by atoms with E-state index in [1.54, 1.807) is 29.8 Å². The molecular formula is C23H22F2N4O3. The van der Waals surface area contributed by atoms with E-state index in [-0.39, 0.29) is 5.82 Å². The smallest absolute Gasteiger partial charge is 0.279 e. The lowest BCUT2D eigenvalue weighted by Gasteiger charge is -2.14. The summed E-state index contributed by atoms with van der Waals surface area (Å²) >= 11 is 0. The molecule has 32 heavy (non-hydrogen) atoms. The van der Waals surface area contributed by atoms with Gasteiger partial charge >= 0.3 is 0 Å². The maximum absolute atomic E-state index is 13.2. The third-order valence-corrected chi connectivity index (χ3v) is 4.62. The lowest BCUT2D eigenvalue weighted by atomic mass is 10.2. The molecule has 0 radical (unpaired) electrons. The van der Waals surface area contributed by atoms with Crippen molar-refractivity contribution in [1.29, 1.82) is 0 Å². The van der Waals surface area contributed by atoms with E-state index in [1.807, 2.05) is 6.92 Å². The van der Waals surface area contributed by atoms with Crippen LogP contribution in [-0.2, 0) is 9.59 Å². The highest BCUT2D eigenvalue weighted by Crippen LogP contribution is 2.19. The average molecular weight is 440 g/mol. The van der Waals surface area contributed by atoms with Crippen LogP contribution in [-0.4, -0.2) is 27.7 Å². The molecule has 1 aromatic heterocycles. The van der Waals surface area contributed by atoms with Crippen LogP contribution in [0.5, 0.6) is 5.75 Å². The predicted octanol–water partition coefficient (Wildman–Crippen LogP) is 3.40. The molecule has 2 aromatic carbocycles. The van der Waals surface area contributed by atoms with Gasteiger partial charge in [0.25, 0.3) is 11.8 Å². The van der Waals surface area contributed by atoms with Crippen molar-refractivity contribution in [3.8, 4) is 11.4 Å². The molecule has 1 heterocycles. The van der Waals surface area contributed by atoms with Gasteiger partial charge in [0, 0.05) is 17.3 Å². The van der Waals surface area contributed by atoms with Crippen LogP contribution in [0.3, 0.4) is 0 Å². The molecule has 0 spiro atoms. The van der Waals surface area contributed by atoms with Crippen LogP contribution in [0.1, 0.15) is 23.9 Å². The van der Waals surface area contributed by atoms with Crippen LogP contribution in [0.4, 0.5) is 8.78 Å². The first kappa shape index (κ1) is 22.7. The van der Waals surface area contributed by atoms with E-state index in [0.717, 1.165) is 11.3 Å². The van der Waals surface area contributed by atoms with Crippen LogP contribution < -0.4 is 15.6 Å². The van der Waals surface area contributed by atoms with Gasteiger partial charge in [0.1, 0.15) is 17.4 Å². The third kappa shape index (κ3) is 5.57. The normalized spacial score (nSPS) is 11.9. The zero-order valence-electron chi connectivity index (χ0n) is 17.7. The summed E-state index contributed by atoms with van der Waals surface area (Å²) in [5.41, 5.74) is 7.42. The van der Waals surface area contributed by atoms with Gasteiger partial charge < -0.3 is 4.74 Å². The largest absolute Gasteiger partial charge is 0.481 e. The standard InChI is InChI=1S/C23H22F2N4O3/c1-14-21(15(2)29(28-14)19-8-4-17(24)5-9-19)12-13-22(30)26-27-23(31)16(3)32-20-10-6-18(25)7-11-20/h4-13,16H,1-3H3,(H,26,30)(H,27,31)/b13-12+. The Morgan fingerprint density at radius 1 is 1.00 bits per heavy atom. The van der Waals surface area contributed by atoms with Crippen molar-refractivity contribution in [1.82, 2.24) is 20.6 Å². The molecule has 2 N–H and O–H groups in total. The van der Waals surface area contributed by atoms with Gasteiger partial charge in [-0.1, -0.05) is 0 Å². The van der Waals surface area contributed by atoms with Crippen molar-refractivity contribution in [3.63, 3.8) is 0 Å². The molecule has 0 aliphatic carbocycles. The van der Waals surface area contributed by atoms with E-state index in [1.165, 1.54) is 49.4 Å². The zero-order valence-corrected chi connectivity index (χ0v) is 17.7. The van der Waals surface area contributed by atoms with Crippen LogP contribution in [0, 0.1) is 25.5 Å². The number of benzene rings is 2. The van der Waals surface area contributed by atoms with E-state index in [2.05, 4.69) is 16.0 Å². The number of nitrogens with zero attached hydrogens (tertiary/aromatic N) is 2. The number of hydrogen-bond acceptors (Lipinski definition) is 4. The minimum Gasteiger partial charge on any atom is -0.481 e. The second kappa shape index (κ2) is 9.86. The number of halogens is 2. The van der Waals surface area contributed by atoms with Crippen LogP contribution in [0.15, 0.2) is 54.6 Å². The maximum Gasteiger partial charge on any atom is 0.279 e. The minimum absolute atomic E-state index is 0.324. The molecule has 1 unspecified atom stereocenters. The van der Waals surface area contributed by atoms with Gasteiger partial charge in [-0.15, -0.1) is 0 Å². The van der Waals surface area contributed by atoms with Crippen molar-refractivity contribution in [2.45, 2.75) is 26.9 Å². The Morgan fingerprint density at radius 2 is 1.59 bits per heavy atom. The number of hydrogen-bond donors (Lipinski definition) is 2. The van der Waals surface area contributed by atoms with Crippen molar-refractivity contribution < 1.29 is 23.1 Å². The molecule has 2 amide bonds. The molecule has 7 nitrogen and oxygen atoms in total. The number of ether oxygens (including phenoxy) is 1. The van der Waals surface area contributed by atoms with Gasteiger partial charge in [-0.25, -0.2) is 13.5 Å². The Hall–Kier alpha value is -4.01. The van der Waals surface area contributed by atoms with E-state index < -0.39 is 23.7 Å². The zero-order chi connectivity index (χ0) is 23.3. The van der Waals surface area contributed by atoms with Gasteiger partial charge in [0.15, 0.2) is 6.10 Å². The third-order valence-electron chi connectivity index (χ3n) is 4.62. The summed E-state index contributed by atoms with van der Waals surface area (Å²) in [6, 6.07) is 11.1. The predicted molar refractivity (Wildman–Crippen MR) is 115 cm³/mol. The lowest BCUT2D eigenvalue weighted by molar-refractivity contribution is -0.131. The highest BCUT2D eigenvalue weighted by molar-refractivity contribution is 5.93. The Morgan fingerprint density at radius 3 is 2.22 bits per heavy atom. The molecule has 0 saturated heterocycles. The molecule has 0 aliphatic rings.